The van der Waals surface area contributed by atoms with Gasteiger partial charge in [-0.3, -0.25) is 9.69 Å². The summed E-state index contributed by atoms with van der Waals surface area (Å²) in [4.78, 5) is 24.3. The molecule has 0 atom stereocenters. The van der Waals surface area contributed by atoms with Crippen molar-refractivity contribution in [3.63, 3.8) is 0 Å². The first-order valence-electron chi connectivity index (χ1n) is 10.2. The molecule has 5 rings (SSSR count). The van der Waals surface area contributed by atoms with Crippen LogP contribution in [0.4, 0.5) is 11.5 Å². The van der Waals surface area contributed by atoms with E-state index in [2.05, 4.69) is 38.4 Å². The molecular weight excluding hydrogens is 412 g/mol. The normalized spacial score (nSPS) is 17.3. The van der Waals surface area contributed by atoms with Crippen molar-refractivity contribution in [3.05, 3.63) is 66.0 Å². The molecule has 31 heavy (non-hydrogen) atoms. The second-order valence-corrected chi connectivity index (χ2v) is 9.01. The highest BCUT2D eigenvalue weighted by Crippen LogP contribution is 2.42. The summed E-state index contributed by atoms with van der Waals surface area (Å²) in [6, 6.07) is 12.9. The molecule has 1 aromatic heterocycles. The molecule has 1 fully saturated rings. The molecule has 3 N–H and O–H groups in total. The molecule has 2 aliphatic rings. The second kappa shape index (κ2) is 7.86. The molecule has 8 heteroatoms. The lowest BCUT2D eigenvalue weighted by Crippen LogP contribution is -2.47. The number of carboxylic acids is 1. The van der Waals surface area contributed by atoms with Crippen LogP contribution in [0.25, 0.3) is 0 Å². The van der Waals surface area contributed by atoms with Crippen LogP contribution in [0.15, 0.2) is 64.8 Å². The van der Waals surface area contributed by atoms with Crippen molar-refractivity contribution < 1.29 is 15.0 Å². The van der Waals surface area contributed by atoms with E-state index >= 15 is 0 Å². The molecule has 2 aliphatic heterocycles. The number of phenolic OH excluding ortho intramolecular Hbond substituents is 1. The second-order valence-electron chi connectivity index (χ2n) is 7.98. The standard InChI is InChI=1S/C23H22N4O3S/c28-17-4-2-16(3-5-17)23(22(29)30)7-11-27(12-8-23)14-15-1-6-19-18(13-15)26-20-21(31-19)25-10-9-24-20/h1-6,9-10,13,28H,7-8,11-12,14H2,(H,24,26)(H,29,30). The molecule has 0 saturated carbocycles. The molecule has 0 spiro atoms. The van der Waals surface area contributed by atoms with Crippen molar-refractivity contribution in [1.29, 1.82) is 0 Å². The number of fused-ring (bicyclic) bond motifs is 2. The Bertz CT molecular complexity index is 1130. The minimum Gasteiger partial charge on any atom is -0.508 e. The van der Waals surface area contributed by atoms with E-state index in [0.717, 1.165) is 33.5 Å². The fourth-order valence-corrected chi connectivity index (χ4v) is 5.22. The van der Waals surface area contributed by atoms with Crippen LogP contribution in [0, 0.1) is 0 Å². The Morgan fingerprint density at radius 2 is 1.84 bits per heavy atom. The third-order valence-corrected chi connectivity index (χ3v) is 7.18. The van der Waals surface area contributed by atoms with Crippen molar-refractivity contribution in [2.24, 2.45) is 0 Å². The van der Waals surface area contributed by atoms with Gasteiger partial charge in [0, 0.05) is 23.8 Å². The predicted octanol–water partition coefficient (Wildman–Crippen LogP) is 4.01. The maximum Gasteiger partial charge on any atom is 0.314 e. The number of rotatable bonds is 4. The molecule has 0 aliphatic carbocycles. The molecule has 0 amide bonds. The van der Waals surface area contributed by atoms with Gasteiger partial charge in [0.05, 0.1) is 11.1 Å². The molecule has 7 nitrogen and oxygen atoms in total. The SMILES string of the molecule is O=C(O)C1(c2ccc(O)cc2)CCN(Cc2ccc3c(c2)Nc2nccnc2S3)CC1. The van der Waals surface area contributed by atoms with Gasteiger partial charge in [0.25, 0.3) is 0 Å². The number of nitrogens with zero attached hydrogens (tertiary/aromatic N) is 3. The average Bonchev–Trinajstić information content (AvgIpc) is 2.79. The van der Waals surface area contributed by atoms with E-state index in [1.54, 1.807) is 48.4 Å². The number of aliphatic carboxylic acids is 1. The van der Waals surface area contributed by atoms with E-state index in [1.807, 2.05) is 0 Å². The number of piperidine rings is 1. The first-order chi connectivity index (χ1) is 15.0. The molecule has 0 bridgehead atoms. The number of aromatic hydroxyl groups is 1. The van der Waals surface area contributed by atoms with Crippen LogP contribution in [0.3, 0.4) is 0 Å². The van der Waals surface area contributed by atoms with Gasteiger partial charge in [-0.05, 0) is 61.3 Å². The summed E-state index contributed by atoms with van der Waals surface area (Å²) in [7, 11) is 0. The number of anilines is 2. The number of hydrogen-bond acceptors (Lipinski definition) is 7. The highest BCUT2D eigenvalue weighted by molar-refractivity contribution is 7.99. The average molecular weight is 435 g/mol. The van der Waals surface area contributed by atoms with E-state index in [4.69, 9.17) is 0 Å². The van der Waals surface area contributed by atoms with Crippen molar-refractivity contribution in [2.45, 2.75) is 34.7 Å². The maximum atomic E-state index is 12.2. The van der Waals surface area contributed by atoms with Crippen LogP contribution in [-0.4, -0.2) is 44.1 Å². The minimum absolute atomic E-state index is 0.148. The van der Waals surface area contributed by atoms with Gasteiger partial charge in [-0.15, -0.1) is 0 Å². The van der Waals surface area contributed by atoms with Crippen molar-refractivity contribution in [1.82, 2.24) is 14.9 Å². The van der Waals surface area contributed by atoms with Crippen molar-refractivity contribution in [3.8, 4) is 5.75 Å². The largest absolute Gasteiger partial charge is 0.508 e. The molecule has 3 heterocycles. The van der Waals surface area contributed by atoms with E-state index in [1.165, 1.54) is 5.56 Å². The van der Waals surface area contributed by atoms with Gasteiger partial charge in [0.2, 0.25) is 0 Å². The van der Waals surface area contributed by atoms with Gasteiger partial charge in [-0.1, -0.05) is 30.0 Å². The van der Waals surface area contributed by atoms with E-state index in [0.29, 0.717) is 25.9 Å². The van der Waals surface area contributed by atoms with Crippen LogP contribution in [-0.2, 0) is 16.8 Å². The number of aromatic nitrogens is 2. The minimum atomic E-state index is -0.902. The Morgan fingerprint density at radius 3 is 2.58 bits per heavy atom. The lowest BCUT2D eigenvalue weighted by atomic mass is 9.72. The van der Waals surface area contributed by atoms with E-state index < -0.39 is 11.4 Å². The molecular formula is C23H22N4O3S. The summed E-state index contributed by atoms with van der Waals surface area (Å²) in [6.45, 7) is 2.15. The first kappa shape index (κ1) is 19.8. The number of hydrogen-bond donors (Lipinski definition) is 3. The van der Waals surface area contributed by atoms with Gasteiger partial charge in [0.1, 0.15) is 10.8 Å². The zero-order valence-electron chi connectivity index (χ0n) is 16.8. The zero-order chi connectivity index (χ0) is 21.4. The molecule has 0 radical (unpaired) electrons. The fraction of sp³-hybridized carbons (Fsp3) is 0.261. The summed E-state index contributed by atoms with van der Waals surface area (Å²) < 4.78 is 0. The third-order valence-electron chi connectivity index (χ3n) is 6.11. The lowest BCUT2D eigenvalue weighted by Gasteiger charge is -2.39. The first-order valence-corrected chi connectivity index (χ1v) is 11.0. The molecule has 158 valence electrons. The predicted molar refractivity (Wildman–Crippen MR) is 118 cm³/mol. The van der Waals surface area contributed by atoms with Crippen LogP contribution in [0.1, 0.15) is 24.0 Å². The third kappa shape index (κ3) is 3.73. The Balaban J connectivity index is 1.29. The Kier molecular flexibility index (Phi) is 5.03. The zero-order valence-corrected chi connectivity index (χ0v) is 17.6. The number of likely N-dealkylation sites (tertiary alicyclic amines) is 1. The fourth-order valence-electron chi connectivity index (χ4n) is 4.34. The Hall–Kier alpha value is -3.10. The summed E-state index contributed by atoms with van der Waals surface area (Å²) in [5.41, 5.74) is 2.05. The topological polar surface area (TPSA) is 98.6 Å². The van der Waals surface area contributed by atoms with Crippen LogP contribution in [0.5, 0.6) is 5.75 Å². The van der Waals surface area contributed by atoms with Crippen LogP contribution < -0.4 is 5.32 Å². The maximum absolute atomic E-state index is 12.2. The number of carboxylic acid groups (broad SMARTS) is 1. The monoisotopic (exact) mass is 434 g/mol. The number of nitrogens with one attached hydrogen (secondary N) is 1. The summed E-state index contributed by atoms with van der Waals surface area (Å²) in [5, 5.41) is 23.8. The van der Waals surface area contributed by atoms with Gasteiger partial charge in [-0.2, -0.15) is 0 Å². The van der Waals surface area contributed by atoms with Crippen molar-refractivity contribution >= 4 is 29.2 Å². The van der Waals surface area contributed by atoms with Crippen molar-refractivity contribution in [2.75, 3.05) is 18.4 Å². The number of benzene rings is 2. The summed E-state index contributed by atoms with van der Waals surface area (Å²) in [6.07, 6.45) is 4.44. The molecule has 1 saturated heterocycles. The molecule has 2 aromatic carbocycles. The van der Waals surface area contributed by atoms with Gasteiger partial charge < -0.3 is 15.5 Å². The smallest absolute Gasteiger partial charge is 0.314 e. The Morgan fingerprint density at radius 1 is 1.10 bits per heavy atom. The van der Waals surface area contributed by atoms with Crippen LogP contribution >= 0.6 is 11.8 Å². The lowest BCUT2D eigenvalue weighted by molar-refractivity contribution is -0.146. The molecule has 0 unspecified atom stereocenters. The summed E-state index contributed by atoms with van der Waals surface area (Å²) in [5.74, 6) is 0.123. The number of carbonyl (C=O) groups is 1. The molecule has 3 aromatic rings. The quantitative estimate of drug-likeness (QED) is 0.443. The Labute approximate surface area is 184 Å². The van der Waals surface area contributed by atoms with Crippen LogP contribution in [0.2, 0.25) is 0 Å². The van der Waals surface area contributed by atoms with E-state index in [-0.39, 0.29) is 5.75 Å². The summed E-state index contributed by atoms with van der Waals surface area (Å²) >= 11 is 1.61. The van der Waals surface area contributed by atoms with Gasteiger partial charge in [0.15, 0.2) is 5.82 Å². The van der Waals surface area contributed by atoms with Gasteiger partial charge >= 0.3 is 5.97 Å². The van der Waals surface area contributed by atoms with E-state index in [9.17, 15) is 15.0 Å². The highest BCUT2D eigenvalue weighted by atomic mass is 32.2. The number of phenols is 1. The van der Waals surface area contributed by atoms with Gasteiger partial charge in [-0.25, -0.2) is 9.97 Å². The highest BCUT2D eigenvalue weighted by Gasteiger charge is 2.43.